The van der Waals surface area contributed by atoms with Gasteiger partial charge in [0, 0.05) is 13.5 Å². The van der Waals surface area contributed by atoms with Crippen molar-refractivity contribution in [2.75, 3.05) is 19.0 Å². The number of halogens is 1. The number of aromatic nitrogens is 1. The van der Waals surface area contributed by atoms with Crippen LogP contribution >= 0.6 is 0 Å². The molecule has 0 aliphatic heterocycles. The summed E-state index contributed by atoms with van der Waals surface area (Å²) < 4.78 is 45.2. The van der Waals surface area contributed by atoms with Crippen LogP contribution in [0.25, 0.3) is 0 Å². The van der Waals surface area contributed by atoms with Crippen molar-refractivity contribution in [3.05, 3.63) is 42.0 Å². The molecular formula is C14H17FN2O4S. The molecule has 0 aromatic carbocycles. The molecule has 22 heavy (non-hydrogen) atoms. The number of ether oxygens (including phenoxy) is 1. The van der Waals surface area contributed by atoms with Gasteiger partial charge in [0.25, 0.3) is 0 Å². The molecule has 1 N–H and O–H groups in total. The minimum atomic E-state index is -4.74. The van der Waals surface area contributed by atoms with E-state index in [1.54, 1.807) is 7.11 Å². The fraction of sp³-hybridized carbons (Fsp3) is 0.357. The summed E-state index contributed by atoms with van der Waals surface area (Å²) in [5.74, 6) is 1.93. The first-order valence-electron chi connectivity index (χ1n) is 6.69. The van der Waals surface area contributed by atoms with Gasteiger partial charge in [-0.2, -0.15) is 8.42 Å². The maximum Gasteiger partial charge on any atom is 0.333 e. The summed E-state index contributed by atoms with van der Waals surface area (Å²) in [6.45, 7) is 2.32. The fourth-order valence-electron chi connectivity index (χ4n) is 1.92. The number of rotatable bonds is 7. The van der Waals surface area contributed by atoms with Gasteiger partial charge < -0.3 is 14.5 Å². The van der Waals surface area contributed by atoms with E-state index in [1.165, 1.54) is 6.07 Å². The lowest BCUT2D eigenvalue weighted by molar-refractivity contribution is 0.178. The van der Waals surface area contributed by atoms with Crippen molar-refractivity contribution < 1.29 is 21.5 Å². The van der Waals surface area contributed by atoms with E-state index in [1.807, 2.05) is 19.1 Å². The number of nitrogens with zero attached hydrogens (tertiary/aromatic N) is 1. The van der Waals surface area contributed by atoms with Crippen molar-refractivity contribution in [2.45, 2.75) is 24.3 Å². The Morgan fingerprint density at radius 1 is 1.36 bits per heavy atom. The second-order valence-corrected chi connectivity index (χ2v) is 5.97. The summed E-state index contributed by atoms with van der Waals surface area (Å²) >= 11 is 0. The molecule has 6 nitrogen and oxygen atoms in total. The average molecular weight is 328 g/mol. The molecule has 0 aliphatic rings. The Bertz CT molecular complexity index is 713. The molecule has 1 atom stereocenters. The maximum absolute atomic E-state index is 12.8. The molecule has 2 aromatic rings. The molecule has 0 fully saturated rings. The Balaban J connectivity index is 2.17. The second-order valence-electron chi connectivity index (χ2n) is 4.63. The van der Waals surface area contributed by atoms with Gasteiger partial charge in [0.1, 0.15) is 28.3 Å². The Kier molecular flexibility index (Phi) is 5.15. The summed E-state index contributed by atoms with van der Waals surface area (Å²) in [5.41, 5.74) is 0. The van der Waals surface area contributed by atoms with E-state index in [4.69, 9.17) is 9.15 Å². The first kappa shape index (κ1) is 16.4. The number of hydrogen-bond donors (Lipinski definition) is 1. The average Bonchev–Trinajstić information content (AvgIpc) is 2.95. The molecule has 0 radical (unpaired) electrons. The highest BCUT2D eigenvalue weighted by molar-refractivity contribution is 7.86. The molecule has 1 unspecified atom stereocenters. The predicted octanol–water partition coefficient (Wildman–Crippen LogP) is 2.69. The van der Waals surface area contributed by atoms with Crippen molar-refractivity contribution >= 4 is 16.0 Å². The molecular weight excluding hydrogens is 311 g/mol. The quantitative estimate of drug-likeness (QED) is 0.787. The highest BCUT2D eigenvalue weighted by Gasteiger charge is 2.17. The van der Waals surface area contributed by atoms with Crippen molar-refractivity contribution in [3.63, 3.8) is 0 Å². The zero-order valence-electron chi connectivity index (χ0n) is 12.2. The molecule has 120 valence electrons. The number of hydrogen-bond acceptors (Lipinski definition) is 6. The van der Waals surface area contributed by atoms with Crippen LogP contribution in [-0.4, -0.2) is 27.1 Å². The van der Waals surface area contributed by atoms with Crippen LogP contribution in [0.15, 0.2) is 39.8 Å². The van der Waals surface area contributed by atoms with E-state index >= 15 is 0 Å². The van der Waals surface area contributed by atoms with Gasteiger partial charge in [-0.25, -0.2) is 4.98 Å². The van der Waals surface area contributed by atoms with E-state index in [9.17, 15) is 12.3 Å². The largest absolute Gasteiger partial charge is 0.464 e. The van der Waals surface area contributed by atoms with E-state index in [-0.39, 0.29) is 6.04 Å². The number of anilines is 1. The second kappa shape index (κ2) is 6.89. The van der Waals surface area contributed by atoms with Gasteiger partial charge in [0.15, 0.2) is 0 Å². The van der Waals surface area contributed by atoms with Gasteiger partial charge in [-0.05, 0) is 24.3 Å². The molecule has 2 aromatic heterocycles. The first-order valence-corrected chi connectivity index (χ1v) is 8.07. The third-order valence-electron chi connectivity index (χ3n) is 3.05. The van der Waals surface area contributed by atoms with Gasteiger partial charge in [0.2, 0.25) is 0 Å². The van der Waals surface area contributed by atoms with E-state index in [0.29, 0.717) is 18.2 Å². The van der Waals surface area contributed by atoms with Gasteiger partial charge in [-0.15, -0.1) is 3.89 Å². The van der Waals surface area contributed by atoms with Gasteiger partial charge >= 0.3 is 10.2 Å². The molecule has 0 aliphatic carbocycles. The predicted molar refractivity (Wildman–Crippen MR) is 78.9 cm³/mol. The van der Waals surface area contributed by atoms with Crippen molar-refractivity contribution in [3.8, 4) is 0 Å². The Morgan fingerprint density at radius 2 is 2.14 bits per heavy atom. The summed E-state index contributed by atoms with van der Waals surface area (Å²) in [5, 5.41) is 3.07. The topological polar surface area (TPSA) is 81.4 Å². The van der Waals surface area contributed by atoms with Crippen LogP contribution in [0.4, 0.5) is 9.70 Å². The minimum Gasteiger partial charge on any atom is -0.464 e. The zero-order valence-corrected chi connectivity index (χ0v) is 13.1. The lowest BCUT2D eigenvalue weighted by Gasteiger charge is -2.16. The summed E-state index contributed by atoms with van der Waals surface area (Å²) in [6, 6.07) is 5.97. The number of aryl methyl sites for hydroxylation is 1. The van der Waals surface area contributed by atoms with Gasteiger partial charge in [0.05, 0.1) is 12.8 Å². The summed E-state index contributed by atoms with van der Waals surface area (Å²) in [4.78, 5) is 3.41. The Labute approximate surface area is 128 Å². The fourth-order valence-corrected chi connectivity index (χ4v) is 2.33. The van der Waals surface area contributed by atoms with Crippen molar-refractivity contribution in [2.24, 2.45) is 0 Å². The smallest absolute Gasteiger partial charge is 0.333 e. The zero-order chi connectivity index (χ0) is 16.2. The van der Waals surface area contributed by atoms with Crippen LogP contribution in [-0.2, 0) is 21.4 Å². The maximum atomic E-state index is 12.8. The van der Waals surface area contributed by atoms with Crippen LogP contribution < -0.4 is 5.32 Å². The monoisotopic (exact) mass is 328 g/mol. The van der Waals surface area contributed by atoms with Crippen molar-refractivity contribution in [1.82, 2.24) is 4.98 Å². The Morgan fingerprint density at radius 3 is 2.64 bits per heavy atom. The van der Waals surface area contributed by atoms with Crippen molar-refractivity contribution in [1.29, 1.82) is 0 Å². The molecule has 2 rings (SSSR count). The molecule has 8 heteroatoms. The number of nitrogens with one attached hydrogen (secondary N) is 1. The van der Waals surface area contributed by atoms with Crippen LogP contribution in [0.2, 0.25) is 0 Å². The summed E-state index contributed by atoms with van der Waals surface area (Å²) in [6.07, 6.45) is 1.74. The number of pyridine rings is 1. The van der Waals surface area contributed by atoms with Crippen LogP contribution in [0, 0.1) is 0 Å². The minimum absolute atomic E-state index is 0.286. The number of furan rings is 1. The van der Waals surface area contributed by atoms with Crippen LogP contribution in [0.5, 0.6) is 0 Å². The Hall–Kier alpha value is -1.93. The SMILES string of the molecule is CCc1ccc(C(COC)Nc2ccc(S(=O)(=O)F)cn2)o1. The van der Waals surface area contributed by atoms with E-state index in [2.05, 4.69) is 10.3 Å². The van der Waals surface area contributed by atoms with Crippen LogP contribution in [0.1, 0.15) is 24.5 Å². The summed E-state index contributed by atoms with van der Waals surface area (Å²) in [7, 11) is -3.18. The third kappa shape index (κ3) is 4.05. The standard InChI is InChI=1S/C14H17FN2O4S/c1-3-10-4-6-13(21-10)12(9-20-2)17-14-7-5-11(8-16-14)22(15,18)19/h4-8,12H,3,9H2,1-2H3,(H,16,17). The molecule has 0 saturated heterocycles. The van der Waals surface area contributed by atoms with Gasteiger partial charge in [-0.3, -0.25) is 0 Å². The highest BCUT2D eigenvalue weighted by Crippen LogP contribution is 2.22. The van der Waals surface area contributed by atoms with Gasteiger partial charge in [-0.1, -0.05) is 6.92 Å². The lowest BCUT2D eigenvalue weighted by Crippen LogP contribution is -2.16. The molecule has 0 amide bonds. The van der Waals surface area contributed by atoms with E-state index < -0.39 is 15.1 Å². The molecule has 0 spiro atoms. The van der Waals surface area contributed by atoms with Crippen LogP contribution in [0.3, 0.4) is 0 Å². The highest BCUT2D eigenvalue weighted by atomic mass is 32.3. The first-order chi connectivity index (χ1) is 10.4. The van der Waals surface area contributed by atoms with E-state index in [0.717, 1.165) is 24.4 Å². The molecule has 2 heterocycles. The lowest BCUT2D eigenvalue weighted by atomic mass is 10.2. The normalized spacial score (nSPS) is 13.0. The number of methoxy groups -OCH3 is 1. The molecule has 0 bridgehead atoms. The third-order valence-corrected chi connectivity index (χ3v) is 3.85. The molecule has 0 saturated carbocycles.